The van der Waals surface area contributed by atoms with E-state index < -0.39 is 0 Å². The van der Waals surface area contributed by atoms with Gasteiger partial charge in [0.15, 0.2) is 0 Å². The van der Waals surface area contributed by atoms with Crippen LogP contribution in [0.15, 0.2) is 54.6 Å². The van der Waals surface area contributed by atoms with Gasteiger partial charge in [-0.1, -0.05) is 36.4 Å². The summed E-state index contributed by atoms with van der Waals surface area (Å²) in [5.74, 6) is 0.767. The van der Waals surface area contributed by atoms with Crippen molar-refractivity contribution in [3.8, 4) is 0 Å². The van der Waals surface area contributed by atoms with Gasteiger partial charge in [0.05, 0.1) is 0 Å². The quantitative estimate of drug-likeness (QED) is 0.823. The van der Waals surface area contributed by atoms with Crippen molar-refractivity contribution >= 4 is 17.5 Å². The van der Waals surface area contributed by atoms with E-state index in [2.05, 4.69) is 12.1 Å². The maximum atomic E-state index is 12.8. The van der Waals surface area contributed by atoms with Gasteiger partial charge >= 0.3 is 0 Å². The lowest BCUT2D eigenvalue weighted by atomic mass is 10.1. The molecule has 0 N–H and O–H groups in total. The largest absolute Gasteiger partial charge is 0.378 e. The summed E-state index contributed by atoms with van der Waals surface area (Å²) in [4.78, 5) is 31.5. The van der Waals surface area contributed by atoms with Crippen LogP contribution in [0.1, 0.15) is 28.3 Å². The van der Waals surface area contributed by atoms with Crippen LogP contribution in [0, 0.1) is 5.92 Å². The smallest absolute Gasteiger partial charge is 0.254 e. The minimum atomic E-state index is 0.0457. The van der Waals surface area contributed by atoms with Gasteiger partial charge in [-0.05, 0) is 36.1 Å². The monoisotopic (exact) mass is 377 g/mol. The van der Waals surface area contributed by atoms with E-state index in [1.807, 2.05) is 71.3 Å². The molecule has 1 saturated heterocycles. The molecule has 2 fully saturated rings. The molecule has 1 aliphatic carbocycles. The second-order valence-corrected chi connectivity index (χ2v) is 7.92. The zero-order valence-corrected chi connectivity index (χ0v) is 16.5. The van der Waals surface area contributed by atoms with Gasteiger partial charge in [-0.15, -0.1) is 0 Å². The molecule has 2 atom stereocenters. The number of rotatable bonds is 4. The van der Waals surface area contributed by atoms with Gasteiger partial charge in [0.25, 0.3) is 5.91 Å². The van der Waals surface area contributed by atoms with Crippen molar-refractivity contribution in [2.24, 2.45) is 5.92 Å². The Morgan fingerprint density at radius 1 is 0.893 bits per heavy atom. The number of carbonyl (C=O) groups is 2. The minimum Gasteiger partial charge on any atom is -0.378 e. The van der Waals surface area contributed by atoms with Gasteiger partial charge in [-0.2, -0.15) is 0 Å². The minimum absolute atomic E-state index is 0.0457. The molecule has 5 nitrogen and oxygen atoms in total. The van der Waals surface area contributed by atoms with Gasteiger partial charge in [0, 0.05) is 57.4 Å². The first-order chi connectivity index (χ1) is 13.5. The number of amides is 2. The van der Waals surface area contributed by atoms with E-state index in [1.54, 1.807) is 0 Å². The fourth-order valence-electron chi connectivity index (χ4n) is 4.00. The molecule has 1 saturated carbocycles. The predicted octanol–water partition coefficient (Wildman–Crippen LogP) is 2.84. The van der Waals surface area contributed by atoms with E-state index in [4.69, 9.17) is 0 Å². The third-order valence-electron chi connectivity index (χ3n) is 5.82. The van der Waals surface area contributed by atoms with Crippen molar-refractivity contribution in [3.63, 3.8) is 0 Å². The van der Waals surface area contributed by atoms with Crippen molar-refractivity contribution in [2.75, 3.05) is 45.2 Å². The van der Waals surface area contributed by atoms with Crippen LogP contribution in [-0.4, -0.2) is 61.9 Å². The first-order valence-electron chi connectivity index (χ1n) is 9.95. The Bertz CT molecular complexity index is 857. The Labute approximate surface area is 166 Å². The maximum absolute atomic E-state index is 12.8. The normalized spacial score (nSPS) is 21.4. The number of benzene rings is 2. The highest BCUT2D eigenvalue weighted by Gasteiger charge is 2.46. The van der Waals surface area contributed by atoms with Crippen LogP contribution < -0.4 is 4.90 Å². The zero-order chi connectivity index (χ0) is 19.7. The maximum Gasteiger partial charge on any atom is 0.254 e. The molecule has 0 spiro atoms. The topological polar surface area (TPSA) is 43.9 Å². The Morgan fingerprint density at radius 3 is 2.25 bits per heavy atom. The SMILES string of the molecule is CN(C)c1cccc(C(=O)N2CCN(C(=O)C3CC3c3ccccc3)CC2)c1. The van der Waals surface area contributed by atoms with Crippen LogP contribution in [0.25, 0.3) is 0 Å². The van der Waals surface area contributed by atoms with Gasteiger partial charge in [0.2, 0.25) is 5.91 Å². The highest BCUT2D eigenvalue weighted by Crippen LogP contribution is 2.48. The van der Waals surface area contributed by atoms with Crippen LogP contribution in [-0.2, 0) is 4.79 Å². The third kappa shape index (κ3) is 3.75. The number of piperazine rings is 1. The Morgan fingerprint density at radius 2 is 1.57 bits per heavy atom. The molecular formula is C23H27N3O2. The lowest BCUT2D eigenvalue weighted by Crippen LogP contribution is -2.51. The van der Waals surface area contributed by atoms with Crippen molar-refractivity contribution in [1.29, 1.82) is 0 Å². The molecular weight excluding hydrogens is 350 g/mol. The summed E-state index contributed by atoms with van der Waals surface area (Å²) < 4.78 is 0. The Balaban J connectivity index is 1.33. The molecule has 146 valence electrons. The van der Waals surface area contributed by atoms with Gasteiger partial charge in [-0.3, -0.25) is 9.59 Å². The lowest BCUT2D eigenvalue weighted by Gasteiger charge is -2.35. The van der Waals surface area contributed by atoms with E-state index in [0.717, 1.165) is 12.1 Å². The van der Waals surface area contributed by atoms with E-state index in [-0.39, 0.29) is 17.7 Å². The van der Waals surface area contributed by atoms with Crippen molar-refractivity contribution in [3.05, 3.63) is 65.7 Å². The average Bonchev–Trinajstić information content (AvgIpc) is 3.54. The highest BCUT2D eigenvalue weighted by atomic mass is 16.2. The number of carbonyl (C=O) groups excluding carboxylic acids is 2. The van der Waals surface area contributed by atoms with Gasteiger partial charge in [-0.25, -0.2) is 0 Å². The summed E-state index contributed by atoms with van der Waals surface area (Å²) in [6, 6.07) is 18.0. The van der Waals surface area contributed by atoms with Crippen LogP contribution >= 0.6 is 0 Å². The van der Waals surface area contributed by atoms with Crippen LogP contribution in [0.2, 0.25) is 0 Å². The highest BCUT2D eigenvalue weighted by molar-refractivity contribution is 5.95. The van der Waals surface area contributed by atoms with Crippen LogP contribution in [0.5, 0.6) is 0 Å². The number of hydrogen-bond acceptors (Lipinski definition) is 3. The molecule has 28 heavy (non-hydrogen) atoms. The summed E-state index contributed by atoms with van der Waals surface area (Å²) in [5, 5.41) is 0. The molecule has 4 rings (SSSR count). The molecule has 0 radical (unpaired) electrons. The molecule has 1 aliphatic heterocycles. The summed E-state index contributed by atoms with van der Waals surface area (Å²) in [6.07, 6.45) is 0.944. The summed E-state index contributed by atoms with van der Waals surface area (Å²) in [5.41, 5.74) is 2.98. The van der Waals surface area contributed by atoms with E-state index in [9.17, 15) is 9.59 Å². The number of anilines is 1. The fourth-order valence-corrected chi connectivity index (χ4v) is 4.00. The first-order valence-corrected chi connectivity index (χ1v) is 9.95. The fraction of sp³-hybridized carbons (Fsp3) is 0.391. The van der Waals surface area contributed by atoms with Crippen molar-refractivity contribution in [1.82, 2.24) is 9.80 Å². The predicted molar refractivity (Wildman–Crippen MR) is 111 cm³/mol. The third-order valence-corrected chi connectivity index (χ3v) is 5.82. The summed E-state index contributed by atoms with van der Waals surface area (Å²) in [6.45, 7) is 2.44. The second-order valence-electron chi connectivity index (χ2n) is 7.92. The Kier molecular flexibility index (Phi) is 5.07. The summed E-state index contributed by atoms with van der Waals surface area (Å²) >= 11 is 0. The molecule has 0 aromatic heterocycles. The molecule has 2 aromatic carbocycles. The van der Waals surface area contributed by atoms with E-state index in [1.165, 1.54) is 5.56 Å². The molecule has 2 amide bonds. The van der Waals surface area contributed by atoms with Crippen molar-refractivity contribution < 1.29 is 9.59 Å². The Hall–Kier alpha value is -2.82. The molecule has 2 aromatic rings. The molecule has 2 unspecified atom stereocenters. The molecule has 0 bridgehead atoms. The van der Waals surface area contributed by atoms with E-state index in [0.29, 0.717) is 37.7 Å². The molecule has 1 heterocycles. The zero-order valence-electron chi connectivity index (χ0n) is 16.5. The van der Waals surface area contributed by atoms with Gasteiger partial charge in [0.1, 0.15) is 0 Å². The summed E-state index contributed by atoms with van der Waals surface area (Å²) in [7, 11) is 3.93. The van der Waals surface area contributed by atoms with Gasteiger partial charge < -0.3 is 14.7 Å². The molecule has 5 heteroatoms. The standard InChI is InChI=1S/C23H27N3O2/c1-24(2)19-10-6-9-18(15-19)22(27)25-11-13-26(14-12-25)23(28)21-16-20(21)17-7-4-3-5-8-17/h3-10,15,20-21H,11-14,16H2,1-2H3. The van der Waals surface area contributed by atoms with Crippen LogP contribution in [0.4, 0.5) is 5.69 Å². The molecule has 2 aliphatic rings. The number of nitrogens with zero attached hydrogens (tertiary/aromatic N) is 3. The van der Waals surface area contributed by atoms with Crippen LogP contribution in [0.3, 0.4) is 0 Å². The van der Waals surface area contributed by atoms with Crippen molar-refractivity contribution in [2.45, 2.75) is 12.3 Å². The second kappa shape index (κ2) is 7.66. The first kappa shape index (κ1) is 18.5. The van der Waals surface area contributed by atoms with E-state index >= 15 is 0 Å². The lowest BCUT2D eigenvalue weighted by molar-refractivity contribution is -0.134. The average molecular weight is 377 g/mol. The number of hydrogen-bond donors (Lipinski definition) is 0.